The number of aromatic nitrogens is 1. The summed E-state index contributed by atoms with van der Waals surface area (Å²) in [5.41, 5.74) is 4.92. The van der Waals surface area contributed by atoms with Gasteiger partial charge in [-0.25, -0.2) is 4.39 Å². The van der Waals surface area contributed by atoms with Crippen LogP contribution >= 0.6 is 0 Å². The average molecular weight is 511 g/mol. The smallest absolute Gasteiger partial charge is 0.132 e. The number of likely N-dealkylation sites (tertiary alicyclic amines) is 1. The third kappa shape index (κ3) is 2.82. The molecule has 3 aromatic rings. The van der Waals surface area contributed by atoms with Crippen molar-refractivity contribution in [1.29, 1.82) is 5.26 Å². The fraction of sp³-hybridized carbons (Fsp3) is 0.531. The van der Waals surface area contributed by atoms with Crippen LogP contribution in [0.5, 0.6) is 5.75 Å². The Hall–Kier alpha value is -2.88. The molecule has 9 rings (SSSR count). The number of para-hydroxylation sites is 1. The summed E-state index contributed by atoms with van der Waals surface area (Å²) in [4.78, 5) is 8.75. The van der Waals surface area contributed by atoms with Crippen LogP contribution in [0.15, 0.2) is 36.4 Å². The molecular formula is C32H35FN4O. The highest BCUT2D eigenvalue weighted by Gasteiger charge is 2.81. The van der Waals surface area contributed by atoms with Gasteiger partial charge < -0.3 is 9.72 Å². The Bertz CT molecular complexity index is 1500. The number of rotatable bonds is 5. The number of nitrogens with zero attached hydrogens (tertiary/aromatic N) is 3. The van der Waals surface area contributed by atoms with E-state index >= 15 is 4.39 Å². The molecule has 4 heterocycles. The minimum absolute atomic E-state index is 0.0577. The first-order valence-corrected chi connectivity index (χ1v) is 14.5. The van der Waals surface area contributed by atoms with Gasteiger partial charge >= 0.3 is 0 Å². The molecule has 1 unspecified atom stereocenters. The Morgan fingerprint density at radius 3 is 2.89 bits per heavy atom. The zero-order valence-electron chi connectivity index (χ0n) is 22.3. The number of benzene rings is 2. The first-order valence-electron chi connectivity index (χ1n) is 14.5. The van der Waals surface area contributed by atoms with Crippen LogP contribution < -0.4 is 4.74 Å². The van der Waals surface area contributed by atoms with Crippen LogP contribution in [0.25, 0.3) is 10.9 Å². The lowest BCUT2D eigenvalue weighted by Gasteiger charge is -2.80. The number of fused-ring (bicyclic) bond motifs is 7. The molecule has 1 aromatic heterocycles. The van der Waals surface area contributed by atoms with Crippen LogP contribution in [0.4, 0.5) is 4.39 Å². The Balaban J connectivity index is 1.23. The van der Waals surface area contributed by atoms with Crippen molar-refractivity contribution in [2.75, 3.05) is 19.6 Å². The molecule has 2 aromatic carbocycles. The Kier molecular flexibility index (Phi) is 4.75. The third-order valence-electron chi connectivity index (χ3n) is 10.5. The summed E-state index contributed by atoms with van der Waals surface area (Å²) in [5, 5.41) is 11.5. The summed E-state index contributed by atoms with van der Waals surface area (Å²) >= 11 is 0. The van der Waals surface area contributed by atoms with Crippen molar-refractivity contribution in [2.24, 2.45) is 5.41 Å². The summed E-state index contributed by atoms with van der Waals surface area (Å²) in [6.45, 7) is 7.56. The average Bonchev–Trinajstić information content (AvgIpc) is 3.46. The van der Waals surface area contributed by atoms with Crippen molar-refractivity contribution < 1.29 is 9.13 Å². The van der Waals surface area contributed by atoms with E-state index in [9.17, 15) is 5.26 Å². The van der Waals surface area contributed by atoms with Gasteiger partial charge in [-0.05, 0) is 68.8 Å². The molecule has 1 saturated heterocycles. The first-order chi connectivity index (χ1) is 18.5. The molecule has 0 amide bonds. The SMILES string of the molecule is CCCCN1CC[C@@H](Oc2cc(F)c3c(c2)C2C4(C#N)CC2(C4)N2[C@H]3c3[nH]c4ccccc4c3C[C@H]2C)C1. The molecule has 5 nitrogen and oxygen atoms in total. The molecular weight excluding hydrogens is 475 g/mol. The molecule has 2 bridgehead atoms. The van der Waals surface area contributed by atoms with E-state index in [2.05, 4.69) is 65.0 Å². The van der Waals surface area contributed by atoms with Crippen LogP contribution in [-0.2, 0) is 6.42 Å². The Morgan fingerprint density at radius 2 is 2.08 bits per heavy atom. The number of nitriles is 1. The highest BCUT2D eigenvalue weighted by atomic mass is 19.1. The lowest BCUT2D eigenvalue weighted by atomic mass is 9.30. The molecule has 6 aliphatic rings. The van der Waals surface area contributed by atoms with Gasteiger partial charge in [0.15, 0.2) is 0 Å². The molecule has 6 heteroatoms. The molecule has 0 radical (unpaired) electrons. The van der Waals surface area contributed by atoms with Gasteiger partial charge in [-0.15, -0.1) is 0 Å². The van der Waals surface area contributed by atoms with E-state index in [4.69, 9.17) is 4.74 Å². The molecule has 3 saturated carbocycles. The predicted octanol–water partition coefficient (Wildman–Crippen LogP) is 6.05. The molecule has 1 spiro atoms. The number of nitrogens with one attached hydrogen (secondary N) is 1. The van der Waals surface area contributed by atoms with Crippen molar-refractivity contribution in [3.63, 3.8) is 0 Å². The van der Waals surface area contributed by atoms with E-state index in [1.54, 1.807) is 6.07 Å². The summed E-state index contributed by atoms with van der Waals surface area (Å²) in [5.74, 6) is 0.496. The summed E-state index contributed by atoms with van der Waals surface area (Å²) in [7, 11) is 0. The minimum Gasteiger partial charge on any atom is -0.489 e. The number of hydrogen-bond acceptors (Lipinski definition) is 4. The van der Waals surface area contributed by atoms with Gasteiger partial charge in [0, 0.05) is 58.8 Å². The zero-order chi connectivity index (χ0) is 25.8. The third-order valence-corrected chi connectivity index (χ3v) is 10.5. The largest absolute Gasteiger partial charge is 0.489 e. The topological polar surface area (TPSA) is 55.3 Å². The standard InChI is InChI=1S/C32H35FN4O/c1-3-4-10-36-11-9-20(15-36)38-21-13-24-27(25(33)14-21)29-28-23(22-7-5-6-8-26(22)35-28)12-19(2)37(29)32-16-31(17-32,18-34)30(24)32/h5-8,13-14,19-20,29-30,35H,3-4,9-12,15-17H2,1-2H3/t19-,20-,29-,30?,31?,32?/m1/s1. The second-order valence-electron chi connectivity index (χ2n) is 12.7. The van der Waals surface area contributed by atoms with E-state index in [1.807, 2.05) is 0 Å². The van der Waals surface area contributed by atoms with Crippen LogP contribution in [0, 0.1) is 22.6 Å². The fourth-order valence-electron chi connectivity index (χ4n) is 9.08. The zero-order valence-corrected chi connectivity index (χ0v) is 22.3. The molecule has 3 aliphatic carbocycles. The normalized spacial score (nSPS) is 34.9. The van der Waals surface area contributed by atoms with Gasteiger partial charge in [0.2, 0.25) is 0 Å². The lowest BCUT2D eigenvalue weighted by molar-refractivity contribution is -0.246. The molecule has 1 N–H and O–H groups in total. The van der Waals surface area contributed by atoms with Crippen LogP contribution in [0.3, 0.4) is 0 Å². The van der Waals surface area contributed by atoms with E-state index in [1.165, 1.54) is 23.8 Å². The molecule has 4 atom stereocenters. The van der Waals surface area contributed by atoms with E-state index in [0.29, 0.717) is 5.75 Å². The van der Waals surface area contributed by atoms with Gasteiger partial charge in [-0.1, -0.05) is 31.5 Å². The maximum Gasteiger partial charge on any atom is 0.132 e. The second kappa shape index (κ2) is 7.83. The predicted molar refractivity (Wildman–Crippen MR) is 145 cm³/mol. The number of ether oxygens (including phenoxy) is 1. The Labute approximate surface area is 223 Å². The van der Waals surface area contributed by atoms with Gasteiger partial charge in [0.05, 0.1) is 17.5 Å². The fourth-order valence-corrected chi connectivity index (χ4v) is 9.08. The van der Waals surface area contributed by atoms with Gasteiger partial charge in [0.1, 0.15) is 17.7 Å². The first kappa shape index (κ1) is 23.0. The molecule has 4 fully saturated rings. The maximum atomic E-state index is 16.4. The quantitative estimate of drug-likeness (QED) is 0.454. The van der Waals surface area contributed by atoms with E-state index in [-0.39, 0.29) is 40.9 Å². The van der Waals surface area contributed by atoms with E-state index in [0.717, 1.165) is 67.7 Å². The lowest BCUT2D eigenvalue weighted by Crippen LogP contribution is -2.83. The van der Waals surface area contributed by atoms with Crippen molar-refractivity contribution in [3.8, 4) is 11.8 Å². The van der Waals surface area contributed by atoms with Crippen molar-refractivity contribution in [1.82, 2.24) is 14.8 Å². The van der Waals surface area contributed by atoms with Gasteiger partial charge in [-0.2, -0.15) is 5.26 Å². The number of hydrogen-bond donors (Lipinski definition) is 1. The van der Waals surface area contributed by atoms with Crippen LogP contribution in [0.1, 0.15) is 80.3 Å². The molecule has 196 valence electrons. The van der Waals surface area contributed by atoms with Crippen LogP contribution in [0.2, 0.25) is 0 Å². The summed E-state index contributed by atoms with van der Waals surface area (Å²) < 4.78 is 22.8. The second-order valence-corrected chi connectivity index (χ2v) is 12.7. The van der Waals surface area contributed by atoms with Gasteiger partial charge in [0.25, 0.3) is 0 Å². The minimum atomic E-state index is -0.366. The monoisotopic (exact) mass is 510 g/mol. The van der Waals surface area contributed by atoms with E-state index < -0.39 is 0 Å². The molecule has 38 heavy (non-hydrogen) atoms. The van der Waals surface area contributed by atoms with Gasteiger partial charge in [-0.3, -0.25) is 9.80 Å². The van der Waals surface area contributed by atoms with Crippen molar-refractivity contribution in [2.45, 2.75) is 82.0 Å². The molecule has 3 aliphatic heterocycles. The Morgan fingerprint density at radius 1 is 1.24 bits per heavy atom. The summed E-state index contributed by atoms with van der Waals surface area (Å²) in [6, 6.07) is 15.0. The summed E-state index contributed by atoms with van der Waals surface area (Å²) in [6.07, 6.45) is 6.18. The highest BCUT2D eigenvalue weighted by molar-refractivity contribution is 5.85. The number of aromatic amines is 1. The van der Waals surface area contributed by atoms with Crippen molar-refractivity contribution >= 4 is 10.9 Å². The highest BCUT2D eigenvalue weighted by Crippen LogP contribution is 2.81. The number of halogens is 1. The van der Waals surface area contributed by atoms with Crippen LogP contribution in [-0.4, -0.2) is 52.1 Å². The maximum absolute atomic E-state index is 16.4. The van der Waals surface area contributed by atoms with Crippen molar-refractivity contribution in [3.05, 3.63) is 64.6 Å². The number of H-pyrrole nitrogens is 1. The number of unbranched alkanes of at least 4 members (excludes halogenated alkanes) is 1.